The molecule has 3 heteroatoms. The summed E-state index contributed by atoms with van der Waals surface area (Å²) in [4.78, 5) is 14.0. The molecule has 3 nitrogen and oxygen atoms in total. The van der Waals surface area contributed by atoms with Crippen LogP contribution in [0.1, 0.15) is 37.8 Å². The van der Waals surface area contributed by atoms with Gasteiger partial charge in [-0.2, -0.15) is 0 Å². The van der Waals surface area contributed by atoms with Crippen molar-refractivity contribution in [3.05, 3.63) is 35.4 Å². The molecule has 0 saturated heterocycles. The Morgan fingerprint density at radius 1 is 1.32 bits per heavy atom. The van der Waals surface area contributed by atoms with Crippen LogP contribution in [0.2, 0.25) is 0 Å². The van der Waals surface area contributed by atoms with Crippen LogP contribution in [0.25, 0.3) is 0 Å². The zero-order valence-corrected chi connectivity index (χ0v) is 12.0. The molecule has 1 aliphatic heterocycles. The monoisotopic (exact) mass is 260 g/mol. The van der Waals surface area contributed by atoms with Crippen molar-refractivity contribution in [3.8, 4) is 0 Å². The summed E-state index contributed by atoms with van der Waals surface area (Å²) in [6.45, 7) is 6.78. The smallest absolute Gasteiger partial charge is 0.317 e. The molecule has 0 aromatic heterocycles. The van der Waals surface area contributed by atoms with Crippen molar-refractivity contribution < 1.29 is 4.79 Å². The fraction of sp³-hybridized carbons (Fsp3) is 0.562. The van der Waals surface area contributed by atoms with E-state index in [1.54, 1.807) is 0 Å². The number of hydrogen-bond donors (Lipinski definition) is 1. The Bertz CT molecular complexity index is 429. The number of nitrogens with zero attached hydrogens (tertiary/aromatic N) is 1. The third kappa shape index (κ3) is 3.98. The molecule has 0 saturated carbocycles. The zero-order valence-electron chi connectivity index (χ0n) is 12.0. The highest BCUT2D eigenvalue weighted by Crippen LogP contribution is 2.18. The van der Waals surface area contributed by atoms with E-state index in [4.69, 9.17) is 0 Å². The van der Waals surface area contributed by atoms with E-state index in [1.165, 1.54) is 17.5 Å². The average Bonchev–Trinajstić information content (AvgIpc) is 2.42. The molecule has 1 heterocycles. The molecule has 0 fully saturated rings. The molecule has 0 radical (unpaired) electrons. The summed E-state index contributed by atoms with van der Waals surface area (Å²) in [6, 6.07) is 8.47. The lowest BCUT2D eigenvalue weighted by Crippen LogP contribution is -2.43. The number of carbonyl (C=O) groups excluding carboxylic acids is 1. The van der Waals surface area contributed by atoms with Gasteiger partial charge < -0.3 is 10.2 Å². The summed E-state index contributed by atoms with van der Waals surface area (Å²) in [6.07, 6.45) is 3.20. The maximum Gasteiger partial charge on any atom is 0.317 e. The van der Waals surface area contributed by atoms with Crippen molar-refractivity contribution in [2.75, 3.05) is 13.1 Å². The highest BCUT2D eigenvalue weighted by atomic mass is 16.2. The van der Waals surface area contributed by atoms with E-state index in [2.05, 4.69) is 37.4 Å². The second kappa shape index (κ2) is 6.60. The SMILES string of the molecule is CC(C)CCCNC(=O)N1CCc2ccccc2C1. The molecule has 104 valence electrons. The van der Waals surface area contributed by atoms with Gasteiger partial charge in [0.1, 0.15) is 0 Å². The molecule has 1 aromatic rings. The summed E-state index contributed by atoms with van der Waals surface area (Å²) < 4.78 is 0. The molecule has 0 bridgehead atoms. The van der Waals surface area contributed by atoms with Gasteiger partial charge >= 0.3 is 6.03 Å². The Hall–Kier alpha value is -1.51. The fourth-order valence-electron chi connectivity index (χ4n) is 2.49. The van der Waals surface area contributed by atoms with E-state index >= 15 is 0 Å². The van der Waals surface area contributed by atoms with Crippen LogP contribution in [0.15, 0.2) is 24.3 Å². The second-order valence-electron chi connectivity index (χ2n) is 5.71. The van der Waals surface area contributed by atoms with Crippen molar-refractivity contribution in [1.29, 1.82) is 0 Å². The standard InChI is InChI=1S/C16H24N2O/c1-13(2)6-5-10-17-16(19)18-11-9-14-7-3-4-8-15(14)12-18/h3-4,7-8,13H,5-6,9-12H2,1-2H3,(H,17,19). The molecular weight excluding hydrogens is 236 g/mol. The predicted molar refractivity (Wildman–Crippen MR) is 78.0 cm³/mol. The lowest BCUT2D eigenvalue weighted by atomic mass is 10.0. The summed E-state index contributed by atoms with van der Waals surface area (Å²) in [5.74, 6) is 0.707. The Morgan fingerprint density at radius 3 is 2.79 bits per heavy atom. The van der Waals surface area contributed by atoms with Gasteiger partial charge in [0.2, 0.25) is 0 Å². The number of nitrogens with one attached hydrogen (secondary N) is 1. The van der Waals surface area contributed by atoms with Crippen LogP contribution in [0.5, 0.6) is 0 Å². The van der Waals surface area contributed by atoms with Gasteiger partial charge in [0.05, 0.1) is 0 Å². The van der Waals surface area contributed by atoms with E-state index in [0.717, 1.165) is 32.5 Å². The van der Waals surface area contributed by atoms with Crippen LogP contribution in [-0.4, -0.2) is 24.0 Å². The lowest BCUT2D eigenvalue weighted by Gasteiger charge is -2.29. The Morgan fingerprint density at radius 2 is 2.05 bits per heavy atom. The number of carbonyl (C=O) groups is 1. The van der Waals surface area contributed by atoms with Gasteiger partial charge in [-0.15, -0.1) is 0 Å². The maximum absolute atomic E-state index is 12.1. The fourth-order valence-corrected chi connectivity index (χ4v) is 2.49. The predicted octanol–water partition coefficient (Wildman–Crippen LogP) is 3.19. The van der Waals surface area contributed by atoms with E-state index in [9.17, 15) is 4.79 Å². The summed E-state index contributed by atoms with van der Waals surface area (Å²) in [5, 5.41) is 3.03. The summed E-state index contributed by atoms with van der Waals surface area (Å²) in [5.41, 5.74) is 2.66. The minimum atomic E-state index is 0.0817. The molecular formula is C16H24N2O. The summed E-state index contributed by atoms with van der Waals surface area (Å²) in [7, 11) is 0. The van der Waals surface area contributed by atoms with Gasteiger partial charge in [0, 0.05) is 19.6 Å². The Balaban J connectivity index is 1.79. The Labute approximate surface area is 116 Å². The van der Waals surface area contributed by atoms with Crippen molar-refractivity contribution in [3.63, 3.8) is 0 Å². The molecule has 0 aliphatic carbocycles. The molecule has 0 atom stereocenters. The largest absolute Gasteiger partial charge is 0.338 e. The van der Waals surface area contributed by atoms with Crippen LogP contribution < -0.4 is 5.32 Å². The van der Waals surface area contributed by atoms with Crippen LogP contribution in [-0.2, 0) is 13.0 Å². The van der Waals surface area contributed by atoms with Crippen LogP contribution in [0.4, 0.5) is 4.79 Å². The third-order valence-electron chi connectivity index (χ3n) is 3.65. The minimum absolute atomic E-state index is 0.0817. The number of hydrogen-bond acceptors (Lipinski definition) is 1. The number of rotatable bonds is 4. The van der Waals surface area contributed by atoms with Gasteiger partial charge in [-0.1, -0.05) is 38.1 Å². The molecule has 0 unspecified atom stereocenters. The van der Waals surface area contributed by atoms with Gasteiger partial charge in [-0.25, -0.2) is 4.79 Å². The first-order valence-corrected chi connectivity index (χ1v) is 7.26. The minimum Gasteiger partial charge on any atom is -0.338 e. The molecule has 0 spiro atoms. The van der Waals surface area contributed by atoms with Gasteiger partial charge in [0.25, 0.3) is 0 Å². The van der Waals surface area contributed by atoms with Crippen LogP contribution >= 0.6 is 0 Å². The Kier molecular flexibility index (Phi) is 4.83. The first kappa shape index (κ1) is 13.9. The first-order valence-electron chi connectivity index (χ1n) is 7.26. The first-order chi connectivity index (χ1) is 9.16. The van der Waals surface area contributed by atoms with Crippen LogP contribution in [0.3, 0.4) is 0 Å². The summed E-state index contributed by atoms with van der Waals surface area (Å²) >= 11 is 0. The molecule has 19 heavy (non-hydrogen) atoms. The molecule has 1 N–H and O–H groups in total. The number of fused-ring (bicyclic) bond motifs is 1. The van der Waals surface area contributed by atoms with E-state index in [0.29, 0.717) is 5.92 Å². The third-order valence-corrected chi connectivity index (χ3v) is 3.65. The number of benzene rings is 1. The van der Waals surface area contributed by atoms with Gasteiger partial charge in [0.15, 0.2) is 0 Å². The molecule has 2 rings (SSSR count). The van der Waals surface area contributed by atoms with Crippen LogP contribution in [0, 0.1) is 5.92 Å². The topological polar surface area (TPSA) is 32.3 Å². The highest BCUT2D eigenvalue weighted by molar-refractivity contribution is 5.74. The van der Waals surface area contributed by atoms with Crippen molar-refractivity contribution in [1.82, 2.24) is 10.2 Å². The van der Waals surface area contributed by atoms with Crippen molar-refractivity contribution in [2.45, 2.75) is 39.7 Å². The maximum atomic E-state index is 12.1. The van der Waals surface area contributed by atoms with Gasteiger partial charge in [-0.05, 0) is 36.3 Å². The van der Waals surface area contributed by atoms with Crippen molar-refractivity contribution >= 4 is 6.03 Å². The quantitative estimate of drug-likeness (QED) is 0.828. The average molecular weight is 260 g/mol. The van der Waals surface area contributed by atoms with E-state index in [-0.39, 0.29) is 6.03 Å². The number of amides is 2. The highest BCUT2D eigenvalue weighted by Gasteiger charge is 2.19. The number of urea groups is 1. The normalized spacial score (nSPS) is 14.4. The lowest BCUT2D eigenvalue weighted by molar-refractivity contribution is 0.192. The molecule has 1 aliphatic rings. The van der Waals surface area contributed by atoms with E-state index in [1.807, 2.05) is 11.0 Å². The van der Waals surface area contributed by atoms with Gasteiger partial charge in [-0.3, -0.25) is 0 Å². The second-order valence-corrected chi connectivity index (χ2v) is 5.71. The zero-order chi connectivity index (χ0) is 13.7. The van der Waals surface area contributed by atoms with Crippen molar-refractivity contribution in [2.24, 2.45) is 5.92 Å². The van der Waals surface area contributed by atoms with E-state index < -0.39 is 0 Å². The molecule has 2 amide bonds. The molecule has 1 aromatic carbocycles.